The second-order valence-electron chi connectivity index (χ2n) is 5.43. The van der Waals surface area contributed by atoms with Crippen LogP contribution < -0.4 is 5.32 Å². The van der Waals surface area contributed by atoms with Crippen LogP contribution in [0.1, 0.15) is 35.5 Å². The molecule has 1 heterocycles. The van der Waals surface area contributed by atoms with Crippen LogP contribution in [0, 0.1) is 26.6 Å². The van der Waals surface area contributed by atoms with Crippen LogP contribution in [0.25, 0.3) is 0 Å². The molecule has 2 rings (SSSR count). The van der Waals surface area contributed by atoms with E-state index < -0.39 is 0 Å². The molecule has 0 fully saturated rings. The molecule has 0 saturated carbocycles. The second-order valence-corrected chi connectivity index (χ2v) is 6.37. The van der Waals surface area contributed by atoms with Crippen LogP contribution in [0.5, 0.6) is 0 Å². The highest BCUT2D eigenvalue weighted by Crippen LogP contribution is 2.18. The zero-order chi connectivity index (χ0) is 17.0. The highest BCUT2D eigenvalue weighted by Gasteiger charge is 2.12. The van der Waals surface area contributed by atoms with Crippen molar-refractivity contribution in [2.75, 3.05) is 5.75 Å². The van der Waals surface area contributed by atoms with Gasteiger partial charge in [-0.3, -0.25) is 4.79 Å². The molecule has 0 radical (unpaired) electrons. The van der Waals surface area contributed by atoms with E-state index in [2.05, 4.69) is 15.3 Å². The first-order chi connectivity index (χ1) is 10.9. The smallest absolute Gasteiger partial charge is 0.230 e. The number of carbonyl (C=O) groups is 1. The molecule has 1 atom stereocenters. The minimum atomic E-state index is -0.287. The lowest BCUT2D eigenvalue weighted by Crippen LogP contribution is -2.28. The van der Waals surface area contributed by atoms with Crippen molar-refractivity contribution in [3.05, 3.63) is 52.6 Å². The zero-order valence-corrected chi connectivity index (χ0v) is 14.5. The largest absolute Gasteiger partial charge is 0.349 e. The van der Waals surface area contributed by atoms with Crippen LogP contribution in [-0.2, 0) is 4.79 Å². The van der Waals surface area contributed by atoms with E-state index in [0.29, 0.717) is 5.16 Å². The molecule has 1 aromatic heterocycles. The van der Waals surface area contributed by atoms with Crippen LogP contribution >= 0.6 is 11.8 Å². The quantitative estimate of drug-likeness (QED) is 0.672. The van der Waals surface area contributed by atoms with Crippen molar-refractivity contribution in [2.24, 2.45) is 0 Å². The highest BCUT2D eigenvalue weighted by molar-refractivity contribution is 7.99. The molecule has 23 heavy (non-hydrogen) atoms. The molecule has 2 aromatic rings. The summed E-state index contributed by atoms with van der Waals surface area (Å²) in [6, 6.07) is 5.94. The number of thioether (sulfide) groups is 1. The van der Waals surface area contributed by atoms with Crippen LogP contribution in [0.3, 0.4) is 0 Å². The maximum absolute atomic E-state index is 12.9. The molecule has 1 N–H and O–H groups in total. The first-order valence-corrected chi connectivity index (χ1v) is 8.35. The van der Waals surface area contributed by atoms with Crippen molar-refractivity contribution >= 4 is 17.7 Å². The lowest BCUT2D eigenvalue weighted by molar-refractivity contribution is -0.119. The van der Waals surface area contributed by atoms with Crippen molar-refractivity contribution in [1.82, 2.24) is 15.3 Å². The summed E-state index contributed by atoms with van der Waals surface area (Å²) in [5.41, 5.74) is 3.80. The molecular weight excluding hydrogens is 313 g/mol. The summed E-state index contributed by atoms with van der Waals surface area (Å²) in [6.07, 6.45) is 0. The monoisotopic (exact) mass is 333 g/mol. The fourth-order valence-electron chi connectivity index (χ4n) is 2.05. The van der Waals surface area contributed by atoms with E-state index in [9.17, 15) is 9.18 Å². The van der Waals surface area contributed by atoms with Gasteiger partial charge in [-0.05, 0) is 51.0 Å². The van der Waals surface area contributed by atoms with Crippen LogP contribution in [0.2, 0.25) is 0 Å². The number of carbonyl (C=O) groups excluding carboxylic acids is 1. The lowest BCUT2D eigenvalue weighted by Gasteiger charge is -2.14. The fraction of sp³-hybridized carbons (Fsp3) is 0.353. The van der Waals surface area contributed by atoms with Gasteiger partial charge in [0.1, 0.15) is 5.82 Å². The van der Waals surface area contributed by atoms with Gasteiger partial charge in [0.2, 0.25) is 5.91 Å². The first kappa shape index (κ1) is 17.4. The van der Waals surface area contributed by atoms with E-state index in [0.717, 1.165) is 22.5 Å². The topological polar surface area (TPSA) is 54.9 Å². The second kappa shape index (κ2) is 7.55. The molecule has 0 aliphatic heterocycles. The Kier molecular flexibility index (Phi) is 5.71. The molecule has 0 bridgehead atoms. The fourth-order valence-corrected chi connectivity index (χ4v) is 2.80. The third-order valence-corrected chi connectivity index (χ3v) is 4.54. The normalized spacial score (nSPS) is 12.0. The average molecular weight is 333 g/mol. The van der Waals surface area contributed by atoms with Crippen molar-refractivity contribution in [3.63, 3.8) is 0 Å². The van der Waals surface area contributed by atoms with Gasteiger partial charge >= 0.3 is 0 Å². The Morgan fingerprint density at radius 1 is 1.17 bits per heavy atom. The van der Waals surface area contributed by atoms with Crippen molar-refractivity contribution in [1.29, 1.82) is 0 Å². The summed E-state index contributed by atoms with van der Waals surface area (Å²) < 4.78 is 12.9. The highest BCUT2D eigenvalue weighted by atomic mass is 32.2. The third kappa shape index (κ3) is 4.76. The average Bonchev–Trinajstić information content (AvgIpc) is 2.51. The number of halogens is 1. The van der Waals surface area contributed by atoms with E-state index >= 15 is 0 Å². The summed E-state index contributed by atoms with van der Waals surface area (Å²) in [7, 11) is 0. The minimum Gasteiger partial charge on any atom is -0.349 e. The van der Waals surface area contributed by atoms with Crippen molar-refractivity contribution in [2.45, 2.75) is 38.9 Å². The molecule has 0 unspecified atom stereocenters. The van der Waals surface area contributed by atoms with Gasteiger partial charge in [-0.15, -0.1) is 0 Å². The van der Waals surface area contributed by atoms with Gasteiger partial charge < -0.3 is 5.32 Å². The summed E-state index contributed by atoms with van der Waals surface area (Å²) in [5.74, 6) is -0.149. The van der Waals surface area contributed by atoms with Gasteiger partial charge in [-0.25, -0.2) is 14.4 Å². The molecular formula is C17H20FN3OS. The van der Waals surface area contributed by atoms with E-state index in [1.807, 2.05) is 27.7 Å². The number of hydrogen-bond acceptors (Lipinski definition) is 4. The predicted octanol–water partition coefficient (Wildman–Crippen LogP) is 3.51. The van der Waals surface area contributed by atoms with Gasteiger partial charge in [0.15, 0.2) is 5.16 Å². The van der Waals surface area contributed by atoms with Crippen molar-refractivity contribution < 1.29 is 9.18 Å². The molecule has 122 valence electrons. The van der Waals surface area contributed by atoms with Crippen LogP contribution in [0.4, 0.5) is 4.39 Å². The number of amides is 1. The molecule has 4 nitrogen and oxygen atoms in total. The number of rotatable bonds is 5. The van der Waals surface area contributed by atoms with Crippen LogP contribution in [0.15, 0.2) is 29.4 Å². The predicted molar refractivity (Wildman–Crippen MR) is 89.9 cm³/mol. The Bertz CT molecular complexity index is 680. The standard InChI is InChI=1S/C17H20FN3OS/c1-10-11(2)20-17(21-12(10)3)23-9-16(22)19-13(4)14-5-7-15(18)8-6-14/h5-8,13H,9H2,1-4H3,(H,19,22)/t13-/m1/s1. The first-order valence-electron chi connectivity index (χ1n) is 7.36. The maximum Gasteiger partial charge on any atom is 0.230 e. The molecule has 1 aromatic carbocycles. The van der Waals surface area contributed by atoms with E-state index in [1.54, 1.807) is 12.1 Å². The van der Waals surface area contributed by atoms with Crippen molar-refractivity contribution in [3.8, 4) is 0 Å². The summed E-state index contributed by atoms with van der Waals surface area (Å²) in [6.45, 7) is 7.72. The Morgan fingerprint density at radius 3 is 2.30 bits per heavy atom. The Balaban J connectivity index is 1.91. The van der Waals surface area contributed by atoms with Gasteiger partial charge in [-0.1, -0.05) is 23.9 Å². The van der Waals surface area contributed by atoms with Gasteiger partial charge in [0.25, 0.3) is 0 Å². The Morgan fingerprint density at radius 2 is 1.74 bits per heavy atom. The molecule has 6 heteroatoms. The summed E-state index contributed by atoms with van der Waals surface area (Å²) in [4.78, 5) is 20.8. The van der Waals surface area contributed by atoms with Gasteiger partial charge in [0.05, 0.1) is 11.8 Å². The number of aromatic nitrogens is 2. The van der Waals surface area contributed by atoms with E-state index in [-0.39, 0.29) is 23.5 Å². The number of hydrogen-bond donors (Lipinski definition) is 1. The molecule has 0 saturated heterocycles. The maximum atomic E-state index is 12.9. The number of nitrogens with one attached hydrogen (secondary N) is 1. The van der Waals surface area contributed by atoms with Crippen LogP contribution in [-0.4, -0.2) is 21.6 Å². The number of benzene rings is 1. The van der Waals surface area contributed by atoms with Gasteiger partial charge in [0, 0.05) is 11.4 Å². The molecule has 0 spiro atoms. The molecule has 1 amide bonds. The summed E-state index contributed by atoms with van der Waals surface area (Å²) in [5, 5.41) is 3.50. The van der Waals surface area contributed by atoms with E-state index in [4.69, 9.17) is 0 Å². The SMILES string of the molecule is Cc1nc(SCC(=O)N[C@H](C)c2ccc(F)cc2)nc(C)c1C. The zero-order valence-electron chi connectivity index (χ0n) is 13.7. The lowest BCUT2D eigenvalue weighted by atomic mass is 10.1. The number of aryl methyl sites for hydroxylation is 2. The summed E-state index contributed by atoms with van der Waals surface area (Å²) >= 11 is 1.31. The Hall–Kier alpha value is -1.95. The van der Waals surface area contributed by atoms with E-state index in [1.165, 1.54) is 23.9 Å². The number of nitrogens with zero attached hydrogens (tertiary/aromatic N) is 2. The minimum absolute atomic E-state index is 0.105. The third-order valence-electron chi connectivity index (χ3n) is 3.69. The Labute approximate surface area is 139 Å². The molecule has 0 aliphatic carbocycles. The molecule has 0 aliphatic rings. The van der Waals surface area contributed by atoms with Gasteiger partial charge in [-0.2, -0.15) is 0 Å².